The normalized spacial score (nSPS) is 11.0. The van der Waals surface area contributed by atoms with Crippen molar-refractivity contribution in [1.29, 1.82) is 0 Å². The fraction of sp³-hybridized carbons (Fsp3) is 0.129. The molecule has 0 atom stereocenters. The van der Waals surface area contributed by atoms with E-state index in [0.717, 1.165) is 21.5 Å². The van der Waals surface area contributed by atoms with Gasteiger partial charge in [-0.1, -0.05) is 66.7 Å². The summed E-state index contributed by atoms with van der Waals surface area (Å²) in [5, 5.41) is 15.2. The number of esters is 1. The Labute approximate surface area is 236 Å². The number of methoxy groups -OCH3 is 1. The van der Waals surface area contributed by atoms with Crippen molar-refractivity contribution in [1.82, 2.24) is 0 Å². The van der Waals surface area contributed by atoms with Crippen LogP contribution in [0.3, 0.4) is 0 Å². The van der Waals surface area contributed by atoms with Crippen LogP contribution in [0.4, 0.5) is 18.9 Å². The van der Waals surface area contributed by atoms with Crippen molar-refractivity contribution in [2.24, 2.45) is 0 Å². The third-order valence-corrected chi connectivity index (χ3v) is 10.4. The molecular formula is C31H27F3NO5P. The average Bonchev–Trinajstić information content (AvgIpc) is 2.97. The van der Waals surface area contributed by atoms with Crippen LogP contribution >= 0.6 is 7.26 Å². The molecule has 0 heterocycles. The topological polar surface area (TPSA) is 95.5 Å². The number of hydrogen-bond acceptors (Lipinski definition) is 5. The first kappa shape index (κ1) is 31.0. The number of nitrogens with one attached hydrogen (secondary N) is 1. The lowest BCUT2D eigenvalue weighted by molar-refractivity contribution is -0.344. The van der Waals surface area contributed by atoms with Gasteiger partial charge in [0.2, 0.25) is 0 Å². The summed E-state index contributed by atoms with van der Waals surface area (Å²) < 4.78 is 36.5. The number of aliphatic carboxylic acids is 1. The van der Waals surface area contributed by atoms with E-state index in [1.807, 2.05) is 67.6 Å². The van der Waals surface area contributed by atoms with E-state index in [1.165, 1.54) is 7.11 Å². The van der Waals surface area contributed by atoms with Gasteiger partial charge in [-0.25, -0.2) is 4.79 Å². The van der Waals surface area contributed by atoms with Crippen LogP contribution in [0, 0.1) is 6.92 Å². The van der Waals surface area contributed by atoms with Crippen molar-refractivity contribution < 1.29 is 37.4 Å². The molecule has 4 aromatic rings. The lowest BCUT2D eigenvalue weighted by Gasteiger charge is -2.27. The zero-order chi connectivity index (χ0) is 30.0. The molecule has 4 aromatic carbocycles. The highest BCUT2D eigenvalue weighted by Crippen LogP contribution is 2.55. The second-order valence-electron chi connectivity index (χ2n) is 8.80. The molecule has 0 aliphatic heterocycles. The lowest BCUT2D eigenvalue weighted by Crippen LogP contribution is -2.37. The number of benzene rings is 4. The number of carbonyl (C=O) groups is 3. The molecule has 0 aliphatic carbocycles. The molecule has 41 heavy (non-hydrogen) atoms. The van der Waals surface area contributed by atoms with Crippen LogP contribution in [-0.4, -0.2) is 37.3 Å². The zero-order valence-corrected chi connectivity index (χ0v) is 23.1. The molecule has 0 bridgehead atoms. The molecule has 212 valence electrons. The Hall–Kier alpha value is -4.49. The smallest absolute Gasteiger partial charge is 0.430 e. The number of ether oxygens (including phenoxy) is 1. The van der Waals surface area contributed by atoms with Gasteiger partial charge < -0.3 is 20.0 Å². The van der Waals surface area contributed by atoms with Gasteiger partial charge in [0.1, 0.15) is 29.1 Å². The number of alkyl halides is 3. The summed E-state index contributed by atoms with van der Waals surface area (Å²) in [5.41, 5.74) is 1.64. The number of carboxylic acid groups (broad SMARTS) is 1. The number of anilines is 1. The van der Waals surface area contributed by atoms with Gasteiger partial charge in [-0.05, 0) is 55.0 Å². The van der Waals surface area contributed by atoms with Gasteiger partial charge in [-0.2, -0.15) is 13.2 Å². The van der Waals surface area contributed by atoms with Crippen molar-refractivity contribution in [3.05, 3.63) is 120 Å². The van der Waals surface area contributed by atoms with Gasteiger partial charge >= 0.3 is 12.1 Å². The van der Waals surface area contributed by atoms with Crippen molar-refractivity contribution in [2.45, 2.75) is 13.1 Å². The standard InChI is InChI=1S/C29H26NO3P.C2HF3O2/c1-22-13-12-20-26(29(32)33-2)28(22)30-27(31)21-34(23-14-6-3-7-15-23,24-16-8-4-9-17-24)25-18-10-5-11-19-25;3-2(4,5)1(6)7/h3-20H,21H2,1-2H3;(H,6,7). The van der Waals surface area contributed by atoms with Crippen LogP contribution in [-0.2, 0) is 14.3 Å². The second kappa shape index (κ2) is 13.7. The SMILES string of the molecule is COC(=O)c1cccc(C)c1NC(=O)C[P+](c1ccccc1)(c1ccccc1)c1ccccc1.O=C([O-])C(F)(F)F. The number of aryl methyl sites for hydroxylation is 1. The minimum atomic E-state index is -5.19. The maximum absolute atomic E-state index is 13.7. The Morgan fingerprint density at radius 1 is 0.756 bits per heavy atom. The van der Waals surface area contributed by atoms with E-state index < -0.39 is 25.4 Å². The van der Waals surface area contributed by atoms with E-state index >= 15 is 0 Å². The molecule has 0 aliphatic rings. The maximum atomic E-state index is 13.7. The molecule has 0 radical (unpaired) electrons. The number of halogens is 3. The van der Waals surface area contributed by atoms with Crippen LogP contribution < -0.4 is 26.3 Å². The van der Waals surface area contributed by atoms with E-state index in [9.17, 15) is 22.8 Å². The van der Waals surface area contributed by atoms with Gasteiger partial charge in [0.25, 0.3) is 5.91 Å². The summed E-state index contributed by atoms with van der Waals surface area (Å²) in [5.74, 6) is -3.63. The van der Waals surface area contributed by atoms with Crippen LogP contribution in [0.1, 0.15) is 15.9 Å². The minimum absolute atomic E-state index is 0.149. The average molecular weight is 582 g/mol. The van der Waals surface area contributed by atoms with Gasteiger partial charge in [0, 0.05) is 0 Å². The molecular weight excluding hydrogens is 554 g/mol. The molecule has 4 rings (SSSR count). The van der Waals surface area contributed by atoms with Crippen molar-refractivity contribution in [3.8, 4) is 0 Å². The highest BCUT2D eigenvalue weighted by molar-refractivity contribution is 7.96. The van der Waals surface area contributed by atoms with Crippen molar-refractivity contribution in [2.75, 3.05) is 18.6 Å². The Balaban J connectivity index is 0.000000587. The molecule has 0 saturated carbocycles. The molecule has 0 aromatic heterocycles. The predicted molar refractivity (Wildman–Crippen MR) is 152 cm³/mol. The van der Waals surface area contributed by atoms with E-state index in [2.05, 4.69) is 41.7 Å². The molecule has 0 unspecified atom stereocenters. The van der Waals surface area contributed by atoms with Crippen LogP contribution in [0.15, 0.2) is 109 Å². The lowest BCUT2D eigenvalue weighted by atomic mass is 10.1. The van der Waals surface area contributed by atoms with Crippen LogP contribution in [0.2, 0.25) is 0 Å². The maximum Gasteiger partial charge on any atom is 0.430 e. The van der Waals surface area contributed by atoms with Crippen LogP contribution in [0.25, 0.3) is 0 Å². The van der Waals surface area contributed by atoms with E-state index in [4.69, 9.17) is 14.6 Å². The van der Waals surface area contributed by atoms with E-state index in [0.29, 0.717) is 11.3 Å². The van der Waals surface area contributed by atoms with Gasteiger partial charge in [0.15, 0.2) is 6.16 Å². The second-order valence-corrected chi connectivity index (χ2v) is 12.3. The minimum Gasteiger partial charge on any atom is -0.542 e. The first-order valence-corrected chi connectivity index (χ1v) is 14.3. The fourth-order valence-corrected chi connectivity index (χ4v) is 8.27. The first-order chi connectivity index (χ1) is 19.5. The monoisotopic (exact) mass is 581 g/mol. The number of carbonyl (C=O) groups excluding carboxylic acids is 3. The summed E-state index contributed by atoms with van der Waals surface area (Å²) in [6.07, 6.45) is -4.93. The third-order valence-electron chi connectivity index (χ3n) is 6.15. The third kappa shape index (κ3) is 7.58. The van der Waals surface area contributed by atoms with E-state index in [-0.39, 0.29) is 12.1 Å². The first-order valence-electron chi connectivity index (χ1n) is 12.3. The number of amides is 1. The highest BCUT2D eigenvalue weighted by Gasteiger charge is 2.47. The molecule has 0 fully saturated rings. The quantitative estimate of drug-likeness (QED) is 0.263. The zero-order valence-electron chi connectivity index (χ0n) is 22.2. The van der Waals surface area contributed by atoms with Gasteiger partial charge in [0.05, 0.1) is 18.4 Å². The number of para-hydroxylation sites is 1. The number of carboxylic acids is 1. The predicted octanol–water partition coefficient (Wildman–Crippen LogP) is 4.01. The van der Waals surface area contributed by atoms with Gasteiger partial charge in [-0.3, -0.25) is 4.79 Å². The Morgan fingerprint density at radius 3 is 1.54 bits per heavy atom. The molecule has 10 heteroatoms. The molecule has 0 spiro atoms. The Morgan fingerprint density at radius 2 is 1.17 bits per heavy atom. The summed E-state index contributed by atoms with van der Waals surface area (Å²) in [4.78, 5) is 34.9. The number of hydrogen-bond donors (Lipinski definition) is 1. The molecule has 0 saturated heterocycles. The fourth-order valence-electron chi connectivity index (χ4n) is 4.28. The van der Waals surface area contributed by atoms with Crippen LogP contribution in [0.5, 0.6) is 0 Å². The number of rotatable bonds is 7. The van der Waals surface area contributed by atoms with Crippen molar-refractivity contribution in [3.63, 3.8) is 0 Å². The molecule has 6 nitrogen and oxygen atoms in total. The highest BCUT2D eigenvalue weighted by atomic mass is 31.2. The largest absolute Gasteiger partial charge is 0.542 e. The molecule has 1 N–H and O–H groups in total. The van der Waals surface area contributed by atoms with Gasteiger partial charge in [-0.15, -0.1) is 0 Å². The summed E-state index contributed by atoms with van der Waals surface area (Å²) in [6.45, 7) is 1.87. The summed E-state index contributed by atoms with van der Waals surface area (Å²) in [6, 6.07) is 36.0. The summed E-state index contributed by atoms with van der Waals surface area (Å²) >= 11 is 0. The Kier molecular flexibility index (Phi) is 10.4. The van der Waals surface area contributed by atoms with Crippen molar-refractivity contribution >= 4 is 46.7 Å². The molecule has 1 amide bonds. The summed E-state index contributed by atoms with van der Waals surface area (Å²) in [7, 11) is -0.995. The Bertz CT molecular complexity index is 1380. The van der Waals surface area contributed by atoms with E-state index in [1.54, 1.807) is 12.1 Å².